The Hall–Kier alpha value is -0.870. The van der Waals surface area contributed by atoms with Crippen molar-refractivity contribution in [3.8, 4) is 0 Å². The van der Waals surface area contributed by atoms with Crippen LogP contribution in [0, 0.1) is 0 Å². The average Bonchev–Trinajstić information content (AvgIpc) is 2.46. The Bertz CT molecular complexity index is 375. The summed E-state index contributed by atoms with van der Waals surface area (Å²) in [5.74, 6) is 0.134. The summed E-state index contributed by atoms with van der Waals surface area (Å²) in [6, 6.07) is 9.47. The smallest absolute Gasteiger partial charge is 0.253 e. The summed E-state index contributed by atoms with van der Waals surface area (Å²) in [7, 11) is 0. The highest BCUT2D eigenvalue weighted by molar-refractivity contribution is 9.09. The van der Waals surface area contributed by atoms with Crippen LogP contribution in [-0.4, -0.2) is 41.9 Å². The lowest BCUT2D eigenvalue weighted by molar-refractivity contribution is 0.0160. The molecular formula is C14H18BrNO2. The Morgan fingerprint density at radius 3 is 2.56 bits per heavy atom. The lowest BCUT2D eigenvalue weighted by Crippen LogP contribution is -2.41. The summed E-state index contributed by atoms with van der Waals surface area (Å²) in [4.78, 5) is 14.1. The van der Waals surface area contributed by atoms with E-state index in [2.05, 4.69) is 15.9 Å². The summed E-state index contributed by atoms with van der Waals surface area (Å²) in [6.07, 6.45) is 2.18. The van der Waals surface area contributed by atoms with Crippen LogP contribution in [0.25, 0.3) is 0 Å². The molecule has 1 aromatic carbocycles. The maximum atomic E-state index is 12.2. The monoisotopic (exact) mass is 311 g/mol. The van der Waals surface area contributed by atoms with Crippen LogP contribution in [0.4, 0.5) is 0 Å². The van der Waals surface area contributed by atoms with E-state index in [1.54, 1.807) is 0 Å². The minimum absolute atomic E-state index is 0.134. The number of carbonyl (C=O) groups is 1. The van der Waals surface area contributed by atoms with Gasteiger partial charge in [0, 0.05) is 24.0 Å². The van der Waals surface area contributed by atoms with E-state index in [1.165, 1.54) is 0 Å². The van der Waals surface area contributed by atoms with Gasteiger partial charge in [0.05, 0.1) is 12.7 Å². The molecule has 0 aromatic heterocycles. The fourth-order valence-electron chi connectivity index (χ4n) is 2.20. The summed E-state index contributed by atoms with van der Waals surface area (Å²) in [5.41, 5.74) is 0.775. The normalized spacial score (nSPS) is 16.8. The van der Waals surface area contributed by atoms with E-state index in [1.807, 2.05) is 35.2 Å². The second-order valence-corrected chi connectivity index (χ2v) is 5.21. The van der Waals surface area contributed by atoms with Crippen molar-refractivity contribution in [3.63, 3.8) is 0 Å². The van der Waals surface area contributed by atoms with Gasteiger partial charge < -0.3 is 9.64 Å². The molecule has 2 rings (SSSR count). The fraction of sp³-hybridized carbons (Fsp3) is 0.500. The zero-order valence-corrected chi connectivity index (χ0v) is 11.9. The van der Waals surface area contributed by atoms with E-state index >= 15 is 0 Å². The van der Waals surface area contributed by atoms with Crippen molar-refractivity contribution >= 4 is 21.8 Å². The number of piperidine rings is 1. The van der Waals surface area contributed by atoms with E-state index in [9.17, 15) is 4.79 Å². The molecule has 1 fully saturated rings. The zero-order chi connectivity index (χ0) is 12.8. The molecule has 0 atom stereocenters. The molecule has 1 aliphatic rings. The van der Waals surface area contributed by atoms with Crippen LogP contribution in [-0.2, 0) is 4.74 Å². The molecule has 1 heterocycles. The molecule has 4 heteroatoms. The van der Waals surface area contributed by atoms with Crippen molar-refractivity contribution in [2.75, 3.05) is 25.0 Å². The highest BCUT2D eigenvalue weighted by Crippen LogP contribution is 2.16. The molecule has 18 heavy (non-hydrogen) atoms. The Balaban J connectivity index is 1.84. The lowest BCUT2D eigenvalue weighted by Gasteiger charge is -2.32. The third kappa shape index (κ3) is 3.56. The molecule has 98 valence electrons. The topological polar surface area (TPSA) is 29.5 Å². The third-order valence-electron chi connectivity index (χ3n) is 3.18. The average molecular weight is 312 g/mol. The molecule has 0 unspecified atom stereocenters. The highest BCUT2D eigenvalue weighted by atomic mass is 79.9. The number of carbonyl (C=O) groups excluding carboxylic acids is 1. The number of likely N-dealkylation sites (tertiary alicyclic amines) is 1. The van der Waals surface area contributed by atoms with Crippen molar-refractivity contribution in [1.29, 1.82) is 0 Å². The quantitative estimate of drug-likeness (QED) is 0.800. The van der Waals surface area contributed by atoms with Crippen LogP contribution in [0.2, 0.25) is 0 Å². The number of rotatable bonds is 4. The van der Waals surface area contributed by atoms with Crippen molar-refractivity contribution < 1.29 is 9.53 Å². The van der Waals surface area contributed by atoms with Gasteiger partial charge >= 0.3 is 0 Å². The molecule has 0 spiro atoms. The van der Waals surface area contributed by atoms with Gasteiger partial charge in [0.1, 0.15) is 0 Å². The summed E-state index contributed by atoms with van der Waals surface area (Å²) in [6.45, 7) is 2.33. The van der Waals surface area contributed by atoms with Gasteiger partial charge in [-0.15, -0.1) is 0 Å². The second kappa shape index (κ2) is 6.90. The number of ether oxygens (including phenoxy) is 1. The molecule has 1 amide bonds. The minimum Gasteiger partial charge on any atom is -0.377 e. The van der Waals surface area contributed by atoms with Gasteiger partial charge in [0.25, 0.3) is 5.91 Å². The number of hydrogen-bond donors (Lipinski definition) is 0. The SMILES string of the molecule is O=C(c1ccccc1)N1CCC(OCCBr)CC1. The number of nitrogens with zero attached hydrogens (tertiary/aromatic N) is 1. The molecule has 0 N–H and O–H groups in total. The maximum Gasteiger partial charge on any atom is 0.253 e. The van der Waals surface area contributed by atoms with Crippen LogP contribution in [0.15, 0.2) is 30.3 Å². The van der Waals surface area contributed by atoms with Gasteiger partial charge in [-0.05, 0) is 25.0 Å². The molecule has 1 aliphatic heterocycles. The van der Waals surface area contributed by atoms with Crippen LogP contribution in [0.1, 0.15) is 23.2 Å². The number of amides is 1. The number of benzene rings is 1. The first-order valence-corrected chi connectivity index (χ1v) is 7.45. The van der Waals surface area contributed by atoms with Gasteiger partial charge in [-0.25, -0.2) is 0 Å². The molecule has 1 aromatic rings. The molecule has 0 radical (unpaired) electrons. The van der Waals surface area contributed by atoms with E-state index in [0.29, 0.717) is 6.10 Å². The standard InChI is InChI=1S/C14H18BrNO2/c15-8-11-18-13-6-9-16(10-7-13)14(17)12-4-2-1-3-5-12/h1-5,13H,6-11H2. The predicted octanol–water partition coefficient (Wildman–Crippen LogP) is 2.70. The number of hydrogen-bond acceptors (Lipinski definition) is 2. The van der Waals surface area contributed by atoms with Gasteiger partial charge in [0.2, 0.25) is 0 Å². The molecule has 0 saturated carbocycles. The third-order valence-corrected chi connectivity index (χ3v) is 3.50. The van der Waals surface area contributed by atoms with Crippen molar-refractivity contribution in [2.45, 2.75) is 18.9 Å². The van der Waals surface area contributed by atoms with E-state index < -0.39 is 0 Å². The Morgan fingerprint density at radius 1 is 1.28 bits per heavy atom. The Labute approximate surface area is 116 Å². The summed E-state index contributed by atoms with van der Waals surface area (Å²) >= 11 is 3.35. The first-order chi connectivity index (χ1) is 8.81. The van der Waals surface area contributed by atoms with E-state index in [4.69, 9.17) is 4.74 Å². The van der Waals surface area contributed by atoms with Crippen molar-refractivity contribution in [1.82, 2.24) is 4.90 Å². The second-order valence-electron chi connectivity index (χ2n) is 4.42. The van der Waals surface area contributed by atoms with Crippen LogP contribution in [0.3, 0.4) is 0 Å². The molecule has 1 saturated heterocycles. The van der Waals surface area contributed by atoms with Gasteiger partial charge in [-0.2, -0.15) is 0 Å². The Morgan fingerprint density at radius 2 is 1.94 bits per heavy atom. The minimum atomic E-state index is 0.134. The first-order valence-electron chi connectivity index (χ1n) is 6.33. The fourth-order valence-corrected chi connectivity index (χ4v) is 2.39. The van der Waals surface area contributed by atoms with Crippen molar-refractivity contribution in [2.24, 2.45) is 0 Å². The number of halogens is 1. The van der Waals surface area contributed by atoms with E-state index in [0.717, 1.165) is 43.4 Å². The van der Waals surface area contributed by atoms with Crippen LogP contribution < -0.4 is 0 Å². The van der Waals surface area contributed by atoms with Gasteiger partial charge in [-0.3, -0.25) is 4.79 Å². The summed E-state index contributed by atoms with van der Waals surface area (Å²) < 4.78 is 5.68. The zero-order valence-electron chi connectivity index (χ0n) is 10.3. The van der Waals surface area contributed by atoms with Gasteiger partial charge in [-0.1, -0.05) is 34.1 Å². The summed E-state index contributed by atoms with van der Waals surface area (Å²) in [5, 5.41) is 0.871. The van der Waals surface area contributed by atoms with Gasteiger partial charge in [0.15, 0.2) is 0 Å². The maximum absolute atomic E-state index is 12.2. The lowest BCUT2D eigenvalue weighted by atomic mass is 10.1. The highest BCUT2D eigenvalue weighted by Gasteiger charge is 2.23. The van der Waals surface area contributed by atoms with Crippen LogP contribution >= 0.6 is 15.9 Å². The van der Waals surface area contributed by atoms with Crippen LogP contribution in [0.5, 0.6) is 0 Å². The van der Waals surface area contributed by atoms with Crippen molar-refractivity contribution in [3.05, 3.63) is 35.9 Å². The molecule has 0 aliphatic carbocycles. The predicted molar refractivity (Wildman–Crippen MR) is 75.1 cm³/mol. The first kappa shape index (κ1) is 13.6. The molecular weight excluding hydrogens is 294 g/mol. The van der Waals surface area contributed by atoms with E-state index in [-0.39, 0.29) is 5.91 Å². The Kier molecular flexibility index (Phi) is 5.20. The molecule has 0 bridgehead atoms. The molecule has 3 nitrogen and oxygen atoms in total. The largest absolute Gasteiger partial charge is 0.377 e. The number of alkyl halides is 1.